The van der Waals surface area contributed by atoms with E-state index in [4.69, 9.17) is 5.73 Å². The van der Waals surface area contributed by atoms with Gasteiger partial charge in [-0.15, -0.1) is 0 Å². The number of nitrogens with two attached hydrogens (primary N) is 1. The van der Waals surface area contributed by atoms with Crippen molar-refractivity contribution >= 4 is 28.3 Å². The molecule has 3 N–H and O–H groups in total. The minimum atomic E-state index is 0.149. The largest absolute Gasteiger partial charge is 0.506 e. The van der Waals surface area contributed by atoms with E-state index in [2.05, 4.69) is 65.9 Å². The number of phenols is 1. The Hall–Kier alpha value is -1.49. The molecule has 3 rings (SSSR count). The molecule has 1 saturated carbocycles. The fourth-order valence-electron chi connectivity index (χ4n) is 4.36. The van der Waals surface area contributed by atoms with Crippen LogP contribution in [0.3, 0.4) is 0 Å². The molecule has 0 heterocycles. The molecule has 1 aliphatic rings. The van der Waals surface area contributed by atoms with Gasteiger partial charge in [0.1, 0.15) is 5.75 Å². The summed E-state index contributed by atoms with van der Waals surface area (Å²) in [5, 5.41) is 9.78. The summed E-state index contributed by atoms with van der Waals surface area (Å²) in [6, 6.07) is 14.0. The Morgan fingerprint density at radius 1 is 1.00 bits per heavy atom. The molecule has 2 aromatic rings. The van der Waals surface area contributed by atoms with Gasteiger partial charge in [-0.25, -0.2) is 0 Å². The standard InChI is InChI=1S/C25H33NO.CH3I/c1-2-6-19-11-13-20(14-12-19)7-3-4-8-21-15-17-22(18-16-21)23-9-5-10-24(27)25(23)26;1-2/h2,5-6,9-10,15-20,27H,3-4,7-8,11-14,26H2,1H3;1H3/b6-2+;. The van der Waals surface area contributed by atoms with Gasteiger partial charge in [-0.05, 0) is 79.4 Å². The van der Waals surface area contributed by atoms with Crippen molar-refractivity contribution in [3.63, 3.8) is 0 Å². The lowest BCUT2D eigenvalue weighted by Gasteiger charge is -2.26. The summed E-state index contributed by atoms with van der Waals surface area (Å²) < 4.78 is 0. The smallest absolute Gasteiger partial charge is 0.139 e. The summed E-state index contributed by atoms with van der Waals surface area (Å²) in [6.07, 6.45) is 15.3. The Morgan fingerprint density at radius 2 is 1.69 bits per heavy atom. The first-order valence-electron chi connectivity index (χ1n) is 10.8. The summed E-state index contributed by atoms with van der Waals surface area (Å²) in [5.41, 5.74) is 9.79. The van der Waals surface area contributed by atoms with Gasteiger partial charge in [0.05, 0.1) is 5.69 Å². The highest BCUT2D eigenvalue weighted by Crippen LogP contribution is 2.34. The molecule has 0 aliphatic heterocycles. The zero-order chi connectivity index (χ0) is 21.1. The van der Waals surface area contributed by atoms with Crippen LogP contribution in [0.15, 0.2) is 54.6 Å². The summed E-state index contributed by atoms with van der Waals surface area (Å²) in [7, 11) is 0. The number of unbranched alkanes of at least 4 members (excludes halogenated alkanes) is 1. The Kier molecular flexibility index (Phi) is 10.6. The molecular weight excluding hydrogens is 469 g/mol. The van der Waals surface area contributed by atoms with E-state index in [1.165, 1.54) is 50.5 Å². The first-order chi connectivity index (χ1) is 14.2. The van der Waals surface area contributed by atoms with Gasteiger partial charge < -0.3 is 10.8 Å². The van der Waals surface area contributed by atoms with Crippen molar-refractivity contribution in [3.05, 3.63) is 60.2 Å². The highest BCUT2D eigenvalue weighted by molar-refractivity contribution is 14.1. The molecule has 1 fully saturated rings. The average molecular weight is 505 g/mol. The summed E-state index contributed by atoms with van der Waals surface area (Å²) in [4.78, 5) is 1.97. The molecule has 2 aromatic carbocycles. The van der Waals surface area contributed by atoms with Crippen molar-refractivity contribution in [2.45, 2.75) is 58.3 Å². The number of allylic oxidation sites excluding steroid dienone is 2. The molecule has 0 spiro atoms. The number of anilines is 1. The Morgan fingerprint density at radius 3 is 2.34 bits per heavy atom. The third kappa shape index (κ3) is 7.36. The number of nitrogen functional groups attached to an aromatic ring is 1. The third-order valence-electron chi connectivity index (χ3n) is 6.03. The first-order valence-corrected chi connectivity index (χ1v) is 13.0. The van der Waals surface area contributed by atoms with E-state index in [-0.39, 0.29) is 5.75 Å². The molecule has 3 heteroatoms. The van der Waals surface area contributed by atoms with Crippen LogP contribution >= 0.6 is 22.6 Å². The molecule has 0 amide bonds. The van der Waals surface area contributed by atoms with E-state index in [0.29, 0.717) is 5.69 Å². The Balaban J connectivity index is 0.00000145. The second-order valence-corrected chi connectivity index (χ2v) is 7.99. The normalized spacial score (nSPS) is 19.0. The zero-order valence-corrected chi connectivity index (χ0v) is 20.1. The lowest BCUT2D eigenvalue weighted by Crippen LogP contribution is -2.13. The third-order valence-corrected chi connectivity index (χ3v) is 6.03. The second-order valence-electron chi connectivity index (χ2n) is 7.99. The van der Waals surface area contributed by atoms with Crippen LogP contribution in [0.25, 0.3) is 11.1 Å². The number of benzene rings is 2. The van der Waals surface area contributed by atoms with Gasteiger partial charge >= 0.3 is 0 Å². The highest BCUT2D eigenvalue weighted by Gasteiger charge is 2.18. The van der Waals surface area contributed by atoms with Crippen molar-refractivity contribution in [1.29, 1.82) is 0 Å². The van der Waals surface area contributed by atoms with Crippen LogP contribution in [0.2, 0.25) is 0 Å². The maximum atomic E-state index is 9.78. The van der Waals surface area contributed by atoms with Crippen LogP contribution in [-0.2, 0) is 6.42 Å². The van der Waals surface area contributed by atoms with E-state index in [1.54, 1.807) is 6.07 Å². The van der Waals surface area contributed by atoms with Crippen molar-refractivity contribution in [3.8, 4) is 16.9 Å². The Labute approximate surface area is 190 Å². The van der Waals surface area contributed by atoms with Gasteiger partial charge in [-0.3, -0.25) is 0 Å². The number of alkyl halides is 1. The van der Waals surface area contributed by atoms with Crippen LogP contribution in [0.5, 0.6) is 5.75 Å². The molecule has 0 atom stereocenters. The van der Waals surface area contributed by atoms with E-state index >= 15 is 0 Å². The molecule has 2 nitrogen and oxygen atoms in total. The molecular formula is C26H36INO. The van der Waals surface area contributed by atoms with Crippen LogP contribution in [0.4, 0.5) is 5.69 Å². The fourth-order valence-corrected chi connectivity index (χ4v) is 4.36. The van der Waals surface area contributed by atoms with Crippen LogP contribution in [-0.4, -0.2) is 10.0 Å². The molecule has 0 saturated heterocycles. The number of rotatable bonds is 7. The first kappa shape index (κ1) is 23.8. The maximum absolute atomic E-state index is 9.78. The van der Waals surface area contributed by atoms with E-state index in [9.17, 15) is 5.11 Å². The quantitative estimate of drug-likeness (QED) is 0.101. The van der Waals surface area contributed by atoms with E-state index < -0.39 is 0 Å². The lowest BCUT2D eigenvalue weighted by molar-refractivity contribution is 0.289. The van der Waals surface area contributed by atoms with Gasteiger partial charge in [0.15, 0.2) is 0 Å². The number of hydrogen-bond donors (Lipinski definition) is 2. The van der Waals surface area contributed by atoms with Crippen molar-refractivity contribution in [2.24, 2.45) is 11.8 Å². The SMILES string of the molecule is C/C=C/C1CCC(CCCCc2ccc(-c3cccc(O)c3N)cc2)CC1.CI. The summed E-state index contributed by atoms with van der Waals surface area (Å²) in [6.45, 7) is 2.14. The molecule has 0 aromatic heterocycles. The topological polar surface area (TPSA) is 46.2 Å². The number of phenolic OH excluding ortho intramolecular Hbond substituents is 1. The molecule has 29 heavy (non-hydrogen) atoms. The van der Waals surface area contributed by atoms with Crippen molar-refractivity contribution < 1.29 is 5.11 Å². The summed E-state index contributed by atoms with van der Waals surface area (Å²) in [5.74, 6) is 1.93. The monoisotopic (exact) mass is 505 g/mol. The predicted molar refractivity (Wildman–Crippen MR) is 136 cm³/mol. The van der Waals surface area contributed by atoms with Gasteiger partial charge in [0, 0.05) is 5.56 Å². The molecule has 1 aliphatic carbocycles. The van der Waals surface area contributed by atoms with Gasteiger partial charge in [-0.1, -0.05) is 84.0 Å². The zero-order valence-electron chi connectivity index (χ0n) is 17.9. The fraction of sp³-hybridized carbons (Fsp3) is 0.462. The van der Waals surface area contributed by atoms with E-state index in [1.807, 2.05) is 17.1 Å². The maximum Gasteiger partial charge on any atom is 0.139 e. The van der Waals surface area contributed by atoms with E-state index in [0.717, 1.165) is 29.4 Å². The number of para-hydroxylation sites is 1. The van der Waals surface area contributed by atoms with Crippen molar-refractivity contribution in [2.75, 3.05) is 10.7 Å². The lowest BCUT2D eigenvalue weighted by atomic mass is 9.79. The molecule has 0 unspecified atom stereocenters. The highest BCUT2D eigenvalue weighted by atomic mass is 127. The van der Waals surface area contributed by atoms with Crippen LogP contribution in [0, 0.1) is 11.8 Å². The number of aromatic hydroxyl groups is 1. The minimum absolute atomic E-state index is 0.149. The number of aryl methyl sites for hydroxylation is 1. The Bertz CT molecular complexity index is 746. The van der Waals surface area contributed by atoms with Crippen LogP contribution in [0.1, 0.15) is 57.4 Å². The van der Waals surface area contributed by atoms with Crippen molar-refractivity contribution in [1.82, 2.24) is 0 Å². The molecule has 158 valence electrons. The van der Waals surface area contributed by atoms with Gasteiger partial charge in [0.2, 0.25) is 0 Å². The second kappa shape index (κ2) is 12.9. The summed E-state index contributed by atoms with van der Waals surface area (Å²) >= 11 is 2.15. The predicted octanol–water partition coefficient (Wildman–Crippen LogP) is 7.79. The number of hydrogen-bond acceptors (Lipinski definition) is 2. The molecule has 0 radical (unpaired) electrons. The van der Waals surface area contributed by atoms with Crippen LogP contribution < -0.4 is 5.73 Å². The average Bonchev–Trinajstić information content (AvgIpc) is 2.76. The minimum Gasteiger partial charge on any atom is -0.506 e. The van der Waals surface area contributed by atoms with Gasteiger partial charge in [0.25, 0.3) is 0 Å². The molecule has 0 bridgehead atoms. The van der Waals surface area contributed by atoms with Gasteiger partial charge in [-0.2, -0.15) is 0 Å². The number of halogens is 1.